The average Bonchev–Trinajstić information content (AvgIpc) is 2.03. The molecule has 2 heterocycles. The first-order valence-electron chi connectivity index (χ1n) is 3.71. The summed E-state index contributed by atoms with van der Waals surface area (Å²) in [6, 6.07) is 3.86. The Bertz CT molecular complexity index is 338. The minimum atomic E-state index is 0.0492. The summed E-state index contributed by atoms with van der Waals surface area (Å²) in [5, 5.41) is 2.72. The van der Waals surface area contributed by atoms with E-state index in [0.29, 0.717) is 12.2 Å². The number of pyridine rings is 1. The number of nitrogens with one attached hydrogen (secondary N) is 1. The lowest BCUT2D eigenvalue weighted by atomic mass is 10.1. The molecule has 12 heavy (non-hydrogen) atoms. The smallest absolute Gasteiger partial charge is 0.225 e. The summed E-state index contributed by atoms with van der Waals surface area (Å²) in [5.41, 5.74) is 1.11. The van der Waals surface area contributed by atoms with Crippen molar-refractivity contribution in [3.63, 3.8) is 0 Å². The summed E-state index contributed by atoms with van der Waals surface area (Å²) in [4.78, 5) is 15.1. The molecule has 0 fully saturated rings. The Labute approximate surface area is 78.3 Å². The number of nitrogens with zero attached hydrogens (tertiary/aromatic N) is 1. The summed E-state index contributed by atoms with van der Waals surface area (Å²) < 4.78 is 0.753. The van der Waals surface area contributed by atoms with Crippen molar-refractivity contribution in [2.45, 2.75) is 12.8 Å². The highest BCUT2D eigenvalue weighted by Gasteiger charge is 2.15. The number of aryl methyl sites for hydroxylation is 1. The van der Waals surface area contributed by atoms with E-state index >= 15 is 0 Å². The lowest BCUT2D eigenvalue weighted by molar-refractivity contribution is -0.116. The third-order valence-corrected chi connectivity index (χ3v) is 2.27. The zero-order valence-electron chi connectivity index (χ0n) is 6.30. The molecule has 0 radical (unpaired) electrons. The fourth-order valence-electron chi connectivity index (χ4n) is 1.22. The van der Waals surface area contributed by atoms with E-state index in [1.807, 2.05) is 12.1 Å². The first-order chi connectivity index (χ1) is 5.75. The van der Waals surface area contributed by atoms with Gasteiger partial charge in [-0.3, -0.25) is 4.79 Å². The highest BCUT2D eigenvalue weighted by Crippen LogP contribution is 2.21. The van der Waals surface area contributed by atoms with E-state index in [1.165, 1.54) is 0 Å². The van der Waals surface area contributed by atoms with Crippen molar-refractivity contribution >= 4 is 27.7 Å². The van der Waals surface area contributed by atoms with E-state index < -0.39 is 0 Å². The minimum Gasteiger partial charge on any atom is -0.310 e. The molecule has 3 nitrogen and oxygen atoms in total. The number of anilines is 1. The first kappa shape index (κ1) is 7.73. The predicted octanol–water partition coefficient (Wildman–Crippen LogP) is 1.73. The predicted molar refractivity (Wildman–Crippen MR) is 48.9 cm³/mol. The van der Waals surface area contributed by atoms with E-state index in [1.54, 1.807) is 0 Å². The lowest BCUT2D eigenvalue weighted by Crippen LogP contribution is -2.19. The molecular weight excluding hydrogens is 220 g/mol. The number of fused-ring (bicyclic) bond motifs is 1. The maximum atomic E-state index is 11.0. The Kier molecular flexibility index (Phi) is 1.84. The number of rotatable bonds is 0. The molecule has 62 valence electrons. The van der Waals surface area contributed by atoms with Gasteiger partial charge in [-0.2, -0.15) is 0 Å². The molecule has 0 bridgehead atoms. The van der Waals surface area contributed by atoms with Crippen LogP contribution in [0.4, 0.5) is 5.82 Å². The molecule has 0 saturated carbocycles. The van der Waals surface area contributed by atoms with Crippen LogP contribution in [0.15, 0.2) is 16.7 Å². The summed E-state index contributed by atoms with van der Waals surface area (Å²) in [6.45, 7) is 0. The maximum absolute atomic E-state index is 11.0. The lowest BCUT2D eigenvalue weighted by Gasteiger charge is -2.14. The van der Waals surface area contributed by atoms with Gasteiger partial charge in [-0.25, -0.2) is 4.98 Å². The van der Waals surface area contributed by atoms with Crippen LogP contribution in [-0.4, -0.2) is 10.9 Å². The van der Waals surface area contributed by atoms with Crippen molar-refractivity contribution in [2.24, 2.45) is 0 Å². The standard InChI is InChI=1S/C8H7BrN2O/c9-6-3-1-5-2-4-7(12)11-8(5)10-6/h1,3H,2,4H2,(H,10,11,12). The van der Waals surface area contributed by atoms with Crippen LogP contribution in [0.2, 0.25) is 0 Å². The number of hydrogen-bond donors (Lipinski definition) is 1. The average molecular weight is 227 g/mol. The Morgan fingerprint density at radius 3 is 3.08 bits per heavy atom. The van der Waals surface area contributed by atoms with Crippen LogP contribution in [0.25, 0.3) is 0 Å². The van der Waals surface area contributed by atoms with Crippen LogP contribution >= 0.6 is 15.9 Å². The van der Waals surface area contributed by atoms with Gasteiger partial charge in [-0.05, 0) is 34.0 Å². The van der Waals surface area contributed by atoms with E-state index in [0.717, 1.165) is 16.6 Å². The Morgan fingerprint density at radius 1 is 1.42 bits per heavy atom. The van der Waals surface area contributed by atoms with Crippen molar-refractivity contribution in [1.29, 1.82) is 0 Å². The van der Waals surface area contributed by atoms with Crippen molar-refractivity contribution in [3.05, 3.63) is 22.3 Å². The van der Waals surface area contributed by atoms with E-state index in [9.17, 15) is 4.79 Å². The monoisotopic (exact) mass is 226 g/mol. The first-order valence-corrected chi connectivity index (χ1v) is 4.50. The van der Waals surface area contributed by atoms with Crippen molar-refractivity contribution in [1.82, 2.24) is 4.98 Å². The van der Waals surface area contributed by atoms with Gasteiger partial charge in [0.2, 0.25) is 5.91 Å². The van der Waals surface area contributed by atoms with Gasteiger partial charge >= 0.3 is 0 Å². The molecular formula is C8H7BrN2O. The molecule has 0 aromatic carbocycles. The van der Waals surface area contributed by atoms with E-state index in [2.05, 4.69) is 26.2 Å². The highest BCUT2D eigenvalue weighted by molar-refractivity contribution is 9.10. The van der Waals surface area contributed by atoms with Crippen LogP contribution in [-0.2, 0) is 11.2 Å². The van der Waals surface area contributed by atoms with E-state index in [4.69, 9.17) is 0 Å². The SMILES string of the molecule is O=C1CCc2ccc(Br)nc2N1. The summed E-state index contributed by atoms with van der Waals surface area (Å²) in [7, 11) is 0. The molecule has 1 N–H and O–H groups in total. The van der Waals surface area contributed by atoms with Gasteiger partial charge in [0.1, 0.15) is 10.4 Å². The van der Waals surface area contributed by atoms with Crippen molar-refractivity contribution in [2.75, 3.05) is 5.32 Å². The number of amides is 1. The normalized spacial score (nSPS) is 15.2. The maximum Gasteiger partial charge on any atom is 0.225 e. The van der Waals surface area contributed by atoms with Crippen LogP contribution in [0.3, 0.4) is 0 Å². The Hall–Kier alpha value is -0.900. The summed E-state index contributed by atoms with van der Waals surface area (Å²) in [6.07, 6.45) is 1.36. The van der Waals surface area contributed by atoms with Gasteiger partial charge in [0.15, 0.2) is 0 Å². The number of carbonyl (C=O) groups excluding carboxylic acids is 1. The van der Waals surface area contributed by atoms with Crippen molar-refractivity contribution < 1.29 is 4.79 Å². The number of aromatic nitrogens is 1. The molecule has 4 heteroatoms. The quantitative estimate of drug-likeness (QED) is 0.685. The van der Waals surface area contributed by atoms with Gasteiger partial charge in [0, 0.05) is 6.42 Å². The molecule has 0 unspecified atom stereocenters. The summed E-state index contributed by atoms with van der Waals surface area (Å²) in [5.74, 6) is 0.744. The second-order valence-corrected chi connectivity index (χ2v) is 3.50. The highest BCUT2D eigenvalue weighted by atomic mass is 79.9. The van der Waals surface area contributed by atoms with E-state index in [-0.39, 0.29) is 5.91 Å². The number of hydrogen-bond acceptors (Lipinski definition) is 2. The molecule has 0 spiro atoms. The second-order valence-electron chi connectivity index (χ2n) is 2.69. The van der Waals surface area contributed by atoms with Crippen LogP contribution in [0.1, 0.15) is 12.0 Å². The molecule has 2 rings (SSSR count). The van der Waals surface area contributed by atoms with Gasteiger partial charge in [0.05, 0.1) is 0 Å². The van der Waals surface area contributed by atoms with Gasteiger partial charge < -0.3 is 5.32 Å². The molecule has 1 aliphatic rings. The molecule has 1 aromatic rings. The zero-order valence-corrected chi connectivity index (χ0v) is 7.89. The zero-order chi connectivity index (χ0) is 8.55. The third kappa shape index (κ3) is 1.34. The minimum absolute atomic E-state index is 0.0492. The second kappa shape index (κ2) is 2.86. The fraction of sp³-hybridized carbons (Fsp3) is 0.250. The van der Waals surface area contributed by atoms with Gasteiger partial charge in [-0.1, -0.05) is 6.07 Å². The van der Waals surface area contributed by atoms with Gasteiger partial charge in [-0.15, -0.1) is 0 Å². The Balaban J connectivity index is 2.44. The topological polar surface area (TPSA) is 42.0 Å². The number of halogens is 1. The van der Waals surface area contributed by atoms with Crippen LogP contribution in [0.5, 0.6) is 0 Å². The number of carbonyl (C=O) groups is 1. The largest absolute Gasteiger partial charge is 0.310 e. The third-order valence-electron chi connectivity index (χ3n) is 1.82. The summed E-state index contributed by atoms with van der Waals surface area (Å²) >= 11 is 3.25. The molecule has 1 aromatic heterocycles. The van der Waals surface area contributed by atoms with Gasteiger partial charge in [0.25, 0.3) is 0 Å². The molecule has 0 atom stereocenters. The molecule has 1 aliphatic heterocycles. The van der Waals surface area contributed by atoms with Crippen LogP contribution in [0, 0.1) is 0 Å². The van der Waals surface area contributed by atoms with Crippen LogP contribution < -0.4 is 5.32 Å². The molecule has 0 saturated heterocycles. The Morgan fingerprint density at radius 2 is 2.25 bits per heavy atom. The van der Waals surface area contributed by atoms with Crippen molar-refractivity contribution in [3.8, 4) is 0 Å². The molecule has 0 aliphatic carbocycles. The molecule has 1 amide bonds. The fourth-order valence-corrected chi connectivity index (χ4v) is 1.53.